The number of carbonyl (C=O) groups excluding carboxylic acids is 1. The predicted molar refractivity (Wildman–Crippen MR) is 84.5 cm³/mol. The van der Waals surface area contributed by atoms with Crippen molar-refractivity contribution in [3.8, 4) is 5.75 Å². The summed E-state index contributed by atoms with van der Waals surface area (Å²) in [4.78, 5) is 12.2. The van der Waals surface area contributed by atoms with E-state index in [1.807, 2.05) is 0 Å². The van der Waals surface area contributed by atoms with E-state index >= 15 is 0 Å². The Labute approximate surface area is 139 Å². The molecule has 1 atom stereocenters. The molecule has 7 heteroatoms. The Balaban J connectivity index is 1.99. The maximum absolute atomic E-state index is 13.0. The number of nitrogens with one attached hydrogen (secondary N) is 1. The van der Waals surface area contributed by atoms with Crippen molar-refractivity contribution in [2.45, 2.75) is 56.8 Å². The van der Waals surface area contributed by atoms with Gasteiger partial charge in [-0.15, -0.1) is 0 Å². The molecule has 0 aromatic heterocycles. The van der Waals surface area contributed by atoms with Crippen LogP contribution in [0.25, 0.3) is 0 Å². The number of ether oxygens (including phenoxy) is 1. The van der Waals surface area contributed by atoms with Gasteiger partial charge in [0.05, 0.1) is 17.6 Å². The third kappa shape index (κ3) is 4.41. The first-order valence-corrected chi connectivity index (χ1v) is 8.16. The molecule has 134 valence electrons. The van der Waals surface area contributed by atoms with Crippen LogP contribution < -0.4 is 15.8 Å². The maximum atomic E-state index is 13.0. The second-order valence-corrected chi connectivity index (χ2v) is 6.22. The molecule has 1 aromatic rings. The quantitative estimate of drug-likeness (QED) is 0.833. The molecule has 24 heavy (non-hydrogen) atoms. The lowest BCUT2D eigenvalue weighted by atomic mass is 9.98. The zero-order valence-electron chi connectivity index (χ0n) is 13.7. The Hall–Kier alpha value is -1.76. The van der Waals surface area contributed by atoms with E-state index in [-0.39, 0.29) is 18.2 Å². The summed E-state index contributed by atoms with van der Waals surface area (Å²) in [7, 11) is 0. The molecule has 1 aromatic carbocycles. The summed E-state index contributed by atoms with van der Waals surface area (Å²) in [5.41, 5.74) is 4.38. The van der Waals surface area contributed by atoms with Crippen molar-refractivity contribution in [1.82, 2.24) is 5.32 Å². The number of rotatable bonds is 6. The van der Waals surface area contributed by atoms with Gasteiger partial charge in [0.1, 0.15) is 11.9 Å². The van der Waals surface area contributed by atoms with Crippen LogP contribution in [0.15, 0.2) is 24.3 Å². The fraction of sp³-hybridized carbons (Fsp3) is 0.588. The average molecular weight is 344 g/mol. The van der Waals surface area contributed by atoms with Crippen LogP contribution in [-0.2, 0) is 11.0 Å². The van der Waals surface area contributed by atoms with E-state index in [9.17, 15) is 18.0 Å². The van der Waals surface area contributed by atoms with Gasteiger partial charge in [0.25, 0.3) is 0 Å². The highest BCUT2D eigenvalue weighted by Crippen LogP contribution is 2.36. The summed E-state index contributed by atoms with van der Waals surface area (Å²) in [5.74, 6) is -0.486. The van der Waals surface area contributed by atoms with E-state index in [2.05, 4.69) is 5.32 Å². The Morgan fingerprint density at radius 3 is 2.54 bits per heavy atom. The molecule has 2 rings (SSSR count). The number of halogens is 3. The summed E-state index contributed by atoms with van der Waals surface area (Å²) in [6, 6.07) is 5.07. The molecule has 1 unspecified atom stereocenters. The van der Waals surface area contributed by atoms with E-state index < -0.39 is 23.4 Å². The van der Waals surface area contributed by atoms with Crippen LogP contribution in [0, 0.1) is 0 Å². The molecule has 0 radical (unpaired) electrons. The predicted octanol–water partition coefficient (Wildman–Crippen LogP) is 3.25. The first-order chi connectivity index (χ1) is 11.3. The van der Waals surface area contributed by atoms with E-state index in [0.29, 0.717) is 19.3 Å². The van der Waals surface area contributed by atoms with Gasteiger partial charge in [-0.2, -0.15) is 13.2 Å². The highest BCUT2D eigenvalue weighted by Gasteiger charge is 2.37. The molecule has 4 nitrogen and oxygen atoms in total. The second-order valence-electron chi connectivity index (χ2n) is 6.22. The molecule has 1 amide bonds. The monoisotopic (exact) mass is 344 g/mol. The van der Waals surface area contributed by atoms with E-state index in [4.69, 9.17) is 10.5 Å². The minimum Gasteiger partial charge on any atom is -0.488 e. The van der Waals surface area contributed by atoms with Crippen LogP contribution in [0.2, 0.25) is 0 Å². The summed E-state index contributed by atoms with van der Waals surface area (Å²) in [6.07, 6.45) is -1.48. The minimum absolute atomic E-state index is 0.125. The molecule has 0 bridgehead atoms. The molecule has 0 spiro atoms. The van der Waals surface area contributed by atoms with E-state index in [1.165, 1.54) is 18.2 Å². The third-order valence-electron chi connectivity index (χ3n) is 4.38. The van der Waals surface area contributed by atoms with E-state index in [0.717, 1.165) is 18.9 Å². The topological polar surface area (TPSA) is 64.4 Å². The highest BCUT2D eigenvalue weighted by molar-refractivity contribution is 5.86. The van der Waals surface area contributed by atoms with Crippen LogP contribution in [-0.4, -0.2) is 24.1 Å². The largest absolute Gasteiger partial charge is 0.488 e. The summed E-state index contributed by atoms with van der Waals surface area (Å²) >= 11 is 0. The van der Waals surface area contributed by atoms with Gasteiger partial charge in [-0.25, -0.2) is 0 Å². The number of amides is 1. The molecule has 3 N–H and O–H groups in total. The second kappa shape index (κ2) is 7.42. The first kappa shape index (κ1) is 18.6. The fourth-order valence-electron chi connectivity index (χ4n) is 2.87. The maximum Gasteiger partial charge on any atom is 0.419 e. The smallest absolute Gasteiger partial charge is 0.419 e. The number of nitrogens with two attached hydrogens (primary N) is 1. The van der Waals surface area contributed by atoms with Crippen molar-refractivity contribution in [3.63, 3.8) is 0 Å². The molecule has 1 fully saturated rings. The van der Waals surface area contributed by atoms with Gasteiger partial charge in [0.15, 0.2) is 0 Å². The van der Waals surface area contributed by atoms with Crippen LogP contribution in [0.5, 0.6) is 5.75 Å². The lowest BCUT2D eigenvalue weighted by molar-refractivity contribution is -0.139. The minimum atomic E-state index is -4.48. The Morgan fingerprint density at radius 1 is 1.33 bits per heavy atom. The number of benzene rings is 1. The van der Waals surface area contributed by atoms with E-state index in [1.54, 1.807) is 6.92 Å². The van der Waals surface area contributed by atoms with Gasteiger partial charge in [-0.1, -0.05) is 31.9 Å². The molecular weight excluding hydrogens is 321 g/mol. The standard InChI is InChI=1S/C17H23F3N2O2/c1-2-12(11-22-15(23)16(21)9-5-6-10-16)24-14-8-4-3-7-13(14)17(18,19)20/h3-4,7-8,12H,2,5-6,9-11,21H2,1H3,(H,22,23). The third-order valence-corrected chi connectivity index (χ3v) is 4.38. The molecule has 1 saturated carbocycles. The van der Waals surface area contributed by atoms with Gasteiger partial charge < -0.3 is 15.8 Å². The normalized spacial score (nSPS) is 18.2. The fourth-order valence-corrected chi connectivity index (χ4v) is 2.87. The van der Waals surface area contributed by atoms with Crippen molar-refractivity contribution in [3.05, 3.63) is 29.8 Å². The first-order valence-electron chi connectivity index (χ1n) is 8.16. The van der Waals surface area contributed by atoms with Crippen molar-refractivity contribution < 1.29 is 22.7 Å². The van der Waals surface area contributed by atoms with Gasteiger partial charge >= 0.3 is 6.18 Å². The van der Waals surface area contributed by atoms with Crippen LogP contribution in [0.4, 0.5) is 13.2 Å². The van der Waals surface area contributed by atoms with Gasteiger partial charge in [0, 0.05) is 0 Å². The molecule has 1 aliphatic rings. The Kier molecular flexibility index (Phi) is 5.74. The van der Waals surface area contributed by atoms with Crippen molar-refractivity contribution in [1.29, 1.82) is 0 Å². The molecule has 0 aliphatic heterocycles. The number of alkyl halides is 3. The van der Waals surface area contributed by atoms with Crippen molar-refractivity contribution in [2.24, 2.45) is 5.73 Å². The summed E-state index contributed by atoms with van der Waals surface area (Å²) in [5, 5.41) is 2.72. The van der Waals surface area contributed by atoms with Gasteiger partial charge in [-0.3, -0.25) is 4.79 Å². The zero-order valence-corrected chi connectivity index (χ0v) is 13.7. The Bertz CT molecular complexity index is 569. The molecule has 0 heterocycles. The van der Waals surface area contributed by atoms with Crippen LogP contribution in [0.1, 0.15) is 44.6 Å². The number of carbonyl (C=O) groups is 1. The average Bonchev–Trinajstić information content (AvgIpc) is 2.98. The number of hydrogen-bond donors (Lipinski definition) is 2. The SMILES string of the molecule is CCC(CNC(=O)C1(N)CCCC1)Oc1ccccc1C(F)(F)F. The van der Waals surface area contributed by atoms with Gasteiger partial charge in [0.2, 0.25) is 5.91 Å². The molecule has 1 aliphatic carbocycles. The zero-order chi connectivity index (χ0) is 17.8. The highest BCUT2D eigenvalue weighted by atomic mass is 19.4. The molecular formula is C17H23F3N2O2. The lowest BCUT2D eigenvalue weighted by Gasteiger charge is -2.25. The number of para-hydroxylation sites is 1. The summed E-state index contributed by atoms with van der Waals surface area (Å²) < 4.78 is 44.5. The van der Waals surface area contributed by atoms with Crippen molar-refractivity contribution in [2.75, 3.05) is 6.54 Å². The number of hydrogen-bond acceptors (Lipinski definition) is 3. The lowest BCUT2D eigenvalue weighted by Crippen LogP contribution is -2.53. The van der Waals surface area contributed by atoms with Crippen LogP contribution >= 0.6 is 0 Å². The Morgan fingerprint density at radius 2 is 1.96 bits per heavy atom. The summed E-state index contributed by atoms with van der Waals surface area (Å²) in [6.45, 7) is 1.92. The van der Waals surface area contributed by atoms with Crippen LogP contribution in [0.3, 0.4) is 0 Å². The van der Waals surface area contributed by atoms with Crippen molar-refractivity contribution >= 4 is 5.91 Å². The van der Waals surface area contributed by atoms with Gasteiger partial charge in [-0.05, 0) is 31.4 Å². The molecule has 0 saturated heterocycles.